The second-order valence-corrected chi connectivity index (χ2v) is 18.9. The van der Waals surface area contributed by atoms with Gasteiger partial charge in [0.2, 0.25) is 5.91 Å². The molecule has 0 aromatic rings. The lowest BCUT2D eigenvalue weighted by atomic mass is 10.00. The van der Waals surface area contributed by atoms with Gasteiger partial charge in [-0.05, 0) is 64.2 Å². The second kappa shape index (κ2) is 49.8. The summed E-state index contributed by atoms with van der Waals surface area (Å²) in [6.45, 7) is 4.07. The molecule has 6 heteroatoms. The topological polar surface area (TPSA) is 110 Å². The quantitative estimate of drug-likeness (QED) is 0.0309. The third kappa shape index (κ3) is 43.8. The maximum atomic E-state index is 12.6. The van der Waals surface area contributed by atoms with Crippen molar-refractivity contribution in [1.29, 1.82) is 0 Å². The monoisotopic (exact) mass is 862 g/mol. The van der Waals surface area contributed by atoms with E-state index in [2.05, 4.69) is 43.5 Å². The smallest absolute Gasteiger partial charge is 0.249 e. The molecule has 0 spiro atoms. The van der Waals surface area contributed by atoms with Gasteiger partial charge in [-0.3, -0.25) is 4.79 Å². The van der Waals surface area contributed by atoms with Gasteiger partial charge in [0.1, 0.15) is 12.2 Å². The zero-order valence-corrected chi connectivity index (χ0v) is 40.9. The third-order valence-corrected chi connectivity index (χ3v) is 12.9. The fourth-order valence-electron chi connectivity index (χ4n) is 8.58. The van der Waals surface area contributed by atoms with Gasteiger partial charge < -0.3 is 25.7 Å². The molecule has 5 N–H and O–H groups in total. The van der Waals surface area contributed by atoms with Crippen LogP contribution in [0.25, 0.3) is 0 Å². The number of unbranched alkanes of at least 4 members (excludes halogenated alkanes) is 37. The normalized spacial score (nSPS) is 14.0. The van der Waals surface area contributed by atoms with Crippen LogP contribution in [-0.2, 0) is 4.79 Å². The van der Waals surface area contributed by atoms with Crippen molar-refractivity contribution in [2.75, 3.05) is 6.61 Å². The summed E-state index contributed by atoms with van der Waals surface area (Å²) in [5.41, 5.74) is 0. The van der Waals surface area contributed by atoms with E-state index in [-0.39, 0.29) is 0 Å². The molecular formula is C55H107NO5. The Labute approximate surface area is 380 Å². The van der Waals surface area contributed by atoms with Gasteiger partial charge in [-0.15, -0.1) is 0 Å². The first-order chi connectivity index (χ1) is 30.0. The minimum absolute atomic E-state index is 0.361. The van der Waals surface area contributed by atoms with E-state index in [0.29, 0.717) is 12.8 Å². The van der Waals surface area contributed by atoms with Crippen molar-refractivity contribution in [3.8, 4) is 0 Å². The molecular weight excluding hydrogens is 755 g/mol. The molecule has 0 heterocycles. The van der Waals surface area contributed by atoms with Gasteiger partial charge in [-0.1, -0.05) is 250 Å². The number of aliphatic hydroxyl groups excluding tert-OH is 4. The molecule has 0 saturated heterocycles. The molecule has 0 aliphatic heterocycles. The van der Waals surface area contributed by atoms with E-state index in [1.165, 1.54) is 225 Å². The SMILES string of the molecule is CCCCCCCCCCCCCC/C=C\CCCCCCCCCCC(O)C(=O)NC(CO)C(O)C(O)CCC/C=C/CCCCCCCCCCCCCCCCCC. The fourth-order valence-corrected chi connectivity index (χ4v) is 8.58. The van der Waals surface area contributed by atoms with Crippen molar-refractivity contribution < 1.29 is 25.2 Å². The van der Waals surface area contributed by atoms with Gasteiger partial charge in [-0.25, -0.2) is 0 Å². The van der Waals surface area contributed by atoms with Crippen molar-refractivity contribution in [2.45, 2.75) is 314 Å². The summed E-state index contributed by atoms with van der Waals surface area (Å²) in [7, 11) is 0. The molecule has 0 rings (SSSR count). The molecule has 0 bridgehead atoms. The van der Waals surface area contributed by atoms with Gasteiger partial charge in [-0.2, -0.15) is 0 Å². The minimum Gasteiger partial charge on any atom is -0.394 e. The van der Waals surface area contributed by atoms with Crippen LogP contribution < -0.4 is 5.32 Å². The summed E-state index contributed by atoms with van der Waals surface area (Å²) in [5, 5.41) is 43.9. The standard InChI is InChI=1S/C55H107NO5/c1-3-5-7-9-11-13-15-17-19-21-23-25-26-27-29-31-33-35-37-39-41-43-45-47-49-53(59)55(61)56-51(50-57)54(60)52(58)48-46-44-42-40-38-36-34-32-30-28-24-22-20-18-16-14-12-10-8-6-4-2/h27,29,40,42,51-54,57-60H,3-26,28,30-39,41,43-50H2,1-2H3,(H,56,61)/b29-27-,42-40+. The number of allylic oxidation sites excluding steroid dienone is 4. The average molecular weight is 862 g/mol. The first-order valence-corrected chi connectivity index (χ1v) is 27.2. The van der Waals surface area contributed by atoms with Crippen LogP contribution in [0.1, 0.15) is 290 Å². The van der Waals surface area contributed by atoms with E-state index in [9.17, 15) is 25.2 Å². The highest BCUT2D eigenvalue weighted by Gasteiger charge is 2.28. The van der Waals surface area contributed by atoms with Crippen LogP contribution in [-0.4, -0.2) is 57.3 Å². The summed E-state index contributed by atoms with van der Waals surface area (Å²) < 4.78 is 0. The van der Waals surface area contributed by atoms with E-state index in [1.807, 2.05) is 0 Å². The Kier molecular flexibility index (Phi) is 48.8. The van der Waals surface area contributed by atoms with Crippen molar-refractivity contribution in [1.82, 2.24) is 5.32 Å². The number of nitrogens with one attached hydrogen (secondary N) is 1. The molecule has 0 aliphatic carbocycles. The number of hydrogen-bond donors (Lipinski definition) is 5. The van der Waals surface area contributed by atoms with E-state index >= 15 is 0 Å². The highest BCUT2D eigenvalue weighted by Crippen LogP contribution is 2.17. The first-order valence-electron chi connectivity index (χ1n) is 27.2. The Balaban J connectivity index is 3.67. The number of carbonyl (C=O) groups is 1. The number of carbonyl (C=O) groups excluding carboxylic acids is 1. The summed E-state index contributed by atoms with van der Waals surface area (Å²) in [4.78, 5) is 12.6. The zero-order chi connectivity index (χ0) is 44.5. The predicted octanol–water partition coefficient (Wildman–Crippen LogP) is 15.5. The zero-order valence-electron chi connectivity index (χ0n) is 40.9. The minimum atomic E-state index is -1.28. The molecule has 4 unspecified atom stereocenters. The van der Waals surface area contributed by atoms with E-state index in [0.717, 1.165) is 38.5 Å². The highest BCUT2D eigenvalue weighted by molar-refractivity contribution is 5.80. The highest BCUT2D eigenvalue weighted by atomic mass is 16.3. The Morgan fingerprint density at radius 3 is 0.984 bits per heavy atom. The molecule has 0 aliphatic rings. The van der Waals surface area contributed by atoms with Crippen LogP contribution in [0.4, 0.5) is 0 Å². The molecule has 1 amide bonds. The van der Waals surface area contributed by atoms with E-state index in [4.69, 9.17) is 0 Å². The summed E-state index contributed by atoms with van der Waals surface area (Å²) in [6.07, 6.45) is 59.5. The largest absolute Gasteiger partial charge is 0.394 e. The summed E-state index contributed by atoms with van der Waals surface area (Å²) in [5.74, 6) is -0.592. The molecule has 4 atom stereocenters. The van der Waals surface area contributed by atoms with Crippen LogP contribution in [0, 0.1) is 0 Å². The predicted molar refractivity (Wildman–Crippen MR) is 265 cm³/mol. The summed E-state index contributed by atoms with van der Waals surface area (Å²) >= 11 is 0. The third-order valence-electron chi connectivity index (χ3n) is 12.9. The molecule has 6 nitrogen and oxygen atoms in total. The van der Waals surface area contributed by atoms with Gasteiger partial charge in [0.25, 0.3) is 0 Å². The van der Waals surface area contributed by atoms with Gasteiger partial charge in [0, 0.05) is 0 Å². The Morgan fingerprint density at radius 1 is 0.393 bits per heavy atom. The first kappa shape index (κ1) is 59.8. The van der Waals surface area contributed by atoms with Gasteiger partial charge in [0.05, 0.1) is 18.8 Å². The lowest BCUT2D eigenvalue weighted by Crippen LogP contribution is -2.53. The molecule has 362 valence electrons. The van der Waals surface area contributed by atoms with Crippen molar-refractivity contribution in [2.24, 2.45) is 0 Å². The number of aliphatic hydroxyl groups is 4. The maximum Gasteiger partial charge on any atom is 0.249 e. The number of amides is 1. The van der Waals surface area contributed by atoms with Crippen molar-refractivity contribution in [3.63, 3.8) is 0 Å². The molecule has 61 heavy (non-hydrogen) atoms. The fraction of sp³-hybridized carbons (Fsp3) is 0.909. The number of rotatable bonds is 50. The van der Waals surface area contributed by atoms with Crippen LogP contribution in [0.5, 0.6) is 0 Å². The molecule has 0 saturated carbocycles. The average Bonchev–Trinajstić information content (AvgIpc) is 3.26. The van der Waals surface area contributed by atoms with Crippen LogP contribution in [0.2, 0.25) is 0 Å². The maximum absolute atomic E-state index is 12.6. The van der Waals surface area contributed by atoms with E-state index in [1.54, 1.807) is 0 Å². The van der Waals surface area contributed by atoms with Crippen LogP contribution in [0.3, 0.4) is 0 Å². The molecule has 0 aromatic carbocycles. The molecule has 0 fully saturated rings. The van der Waals surface area contributed by atoms with Gasteiger partial charge >= 0.3 is 0 Å². The van der Waals surface area contributed by atoms with Crippen LogP contribution >= 0.6 is 0 Å². The van der Waals surface area contributed by atoms with Crippen molar-refractivity contribution >= 4 is 5.91 Å². The second-order valence-electron chi connectivity index (χ2n) is 18.9. The Hall–Kier alpha value is -1.21. The van der Waals surface area contributed by atoms with Crippen molar-refractivity contribution in [3.05, 3.63) is 24.3 Å². The summed E-state index contributed by atoms with van der Waals surface area (Å²) in [6, 6.07) is -1.00. The Bertz CT molecular complexity index is 924. The van der Waals surface area contributed by atoms with E-state index < -0.39 is 36.9 Å². The van der Waals surface area contributed by atoms with Gasteiger partial charge in [0.15, 0.2) is 0 Å². The number of hydrogen-bond acceptors (Lipinski definition) is 5. The van der Waals surface area contributed by atoms with Crippen LogP contribution in [0.15, 0.2) is 24.3 Å². The molecule has 0 aromatic heterocycles. The lowest BCUT2D eigenvalue weighted by molar-refractivity contribution is -0.132. The molecule has 0 radical (unpaired) electrons. The Morgan fingerprint density at radius 2 is 0.672 bits per heavy atom. The lowest BCUT2D eigenvalue weighted by Gasteiger charge is -2.27.